The predicted octanol–water partition coefficient (Wildman–Crippen LogP) is 1.78. The Hall–Kier alpha value is -3.11. The van der Waals surface area contributed by atoms with Crippen LogP contribution in [0.2, 0.25) is 0 Å². The minimum Gasteiger partial charge on any atom is -0.497 e. The van der Waals surface area contributed by atoms with Gasteiger partial charge >= 0.3 is 12.0 Å². The zero-order valence-corrected chi connectivity index (χ0v) is 21.0. The van der Waals surface area contributed by atoms with Crippen molar-refractivity contribution in [2.24, 2.45) is 0 Å². The van der Waals surface area contributed by atoms with Crippen molar-refractivity contribution >= 4 is 17.9 Å². The van der Waals surface area contributed by atoms with Gasteiger partial charge in [-0.15, -0.1) is 0 Å². The average molecular weight is 489 g/mol. The number of urea groups is 1. The third-order valence-electron chi connectivity index (χ3n) is 6.26. The Balaban J connectivity index is 1.97. The molecular weight excluding hydrogens is 452 g/mol. The fourth-order valence-electron chi connectivity index (χ4n) is 4.53. The van der Waals surface area contributed by atoms with Crippen molar-refractivity contribution in [1.29, 1.82) is 0 Å². The van der Waals surface area contributed by atoms with Crippen molar-refractivity contribution in [1.82, 2.24) is 20.0 Å². The number of methoxy groups -OCH3 is 2. The van der Waals surface area contributed by atoms with Gasteiger partial charge in [0, 0.05) is 52.1 Å². The van der Waals surface area contributed by atoms with Crippen molar-refractivity contribution in [3.8, 4) is 5.75 Å². The molecule has 1 atom stereocenters. The molecule has 0 aliphatic carbocycles. The highest BCUT2D eigenvalue weighted by molar-refractivity contribution is 5.95. The first-order valence-electron chi connectivity index (χ1n) is 12.0. The number of rotatable bonds is 9. The van der Waals surface area contributed by atoms with Crippen molar-refractivity contribution in [2.45, 2.75) is 26.3 Å². The lowest BCUT2D eigenvalue weighted by Gasteiger charge is -2.38. The van der Waals surface area contributed by atoms with Gasteiger partial charge < -0.3 is 24.4 Å². The van der Waals surface area contributed by atoms with Crippen molar-refractivity contribution in [2.75, 3.05) is 66.7 Å². The first-order chi connectivity index (χ1) is 16.9. The van der Waals surface area contributed by atoms with Gasteiger partial charge in [0.2, 0.25) is 5.91 Å². The number of amides is 3. The molecule has 2 heterocycles. The SMILES string of the molecule is CCOC(=O)C1=C(CN2CCCN(C(=O)COC)CC2)N(CC)C(=O)NC1c1cccc(OC)c1. The Kier molecular flexibility index (Phi) is 9.50. The minimum atomic E-state index is -0.666. The molecule has 192 valence electrons. The monoisotopic (exact) mass is 488 g/mol. The first kappa shape index (κ1) is 26.5. The summed E-state index contributed by atoms with van der Waals surface area (Å²) in [5, 5.41) is 2.98. The summed E-state index contributed by atoms with van der Waals surface area (Å²) in [5.41, 5.74) is 1.78. The molecule has 0 spiro atoms. The summed E-state index contributed by atoms with van der Waals surface area (Å²) in [6.45, 7) is 7.28. The minimum absolute atomic E-state index is 0.0360. The number of nitrogens with one attached hydrogen (secondary N) is 1. The van der Waals surface area contributed by atoms with E-state index in [1.807, 2.05) is 31.2 Å². The highest BCUT2D eigenvalue weighted by Gasteiger charge is 2.38. The second-order valence-corrected chi connectivity index (χ2v) is 8.43. The summed E-state index contributed by atoms with van der Waals surface area (Å²) in [4.78, 5) is 44.3. The Morgan fingerprint density at radius 3 is 2.60 bits per heavy atom. The predicted molar refractivity (Wildman–Crippen MR) is 130 cm³/mol. The third kappa shape index (κ3) is 6.32. The lowest BCUT2D eigenvalue weighted by molar-refractivity contribution is -0.139. The smallest absolute Gasteiger partial charge is 0.338 e. The van der Waals surface area contributed by atoms with E-state index in [-0.39, 0.29) is 25.2 Å². The molecule has 0 bridgehead atoms. The molecule has 1 fully saturated rings. The van der Waals surface area contributed by atoms with Crippen LogP contribution in [0.25, 0.3) is 0 Å². The molecule has 35 heavy (non-hydrogen) atoms. The summed E-state index contributed by atoms with van der Waals surface area (Å²) < 4.78 is 15.8. The normalized spacial score (nSPS) is 19.3. The summed E-state index contributed by atoms with van der Waals surface area (Å²) in [7, 11) is 3.09. The second-order valence-electron chi connectivity index (χ2n) is 8.43. The molecule has 0 radical (unpaired) electrons. The summed E-state index contributed by atoms with van der Waals surface area (Å²) in [5.74, 6) is 0.138. The van der Waals surface area contributed by atoms with E-state index in [9.17, 15) is 14.4 Å². The van der Waals surface area contributed by atoms with Gasteiger partial charge in [0.05, 0.1) is 25.3 Å². The fourth-order valence-corrected chi connectivity index (χ4v) is 4.53. The van der Waals surface area contributed by atoms with E-state index >= 15 is 0 Å². The van der Waals surface area contributed by atoms with E-state index in [2.05, 4.69) is 10.2 Å². The molecule has 1 saturated heterocycles. The Morgan fingerprint density at radius 2 is 1.91 bits per heavy atom. The van der Waals surface area contributed by atoms with Crippen LogP contribution in [0.15, 0.2) is 35.5 Å². The summed E-state index contributed by atoms with van der Waals surface area (Å²) >= 11 is 0. The van der Waals surface area contributed by atoms with E-state index in [1.54, 1.807) is 23.8 Å². The molecule has 10 heteroatoms. The first-order valence-corrected chi connectivity index (χ1v) is 12.0. The van der Waals surface area contributed by atoms with Crippen molar-refractivity contribution < 1.29 is 28.6 Å². The van der Waals surface area contributed by atoms with Crippen LogP contribution in [0.4, 0.5) is 4.79 Å². The number of benzene rings is 1. The van der Waals surface area contributed by atoms with Gasteiger partial charge in [-0.25, -0.2) is 9.59 Å². The molecule has 3 amide bonds. The van der Waals surface area contributed by atoms with Crippen molar-refractivity contribution in [3.63, 3.8) is 0 Å². The zero-order chi connectivity index (χ0) is 25.4. The molecule has 10 nitrogen and oxygen atoms in total. The molecule has 3 rings (SSSR count). The summed E-state index contributed by atoms with van der Waals surface area (Å²) in [6.07, 6.45) is 0.787. The number of hydrogen-bond donors (Lipinski definition) is 1. The van der Waals surface area contributed by atoms with Gasteiger partial charge in [-0.2, -0.15) is 0 Å². The van der Waals surface area contributed by atoms with Gasteiger partial charge in [0.25, 0.3) is 0 Å². The Morgan fingerprint density at radius 1 is 1.11 bits per heavy atom. The number of likely N-dealkylation sites (N-methyl/N-ethyl adjacent to an activating group) is 1. The van der Waals surface area contributed by atoms with E-state index in [4.69, 9.17) is 14.2 Å². The van der Waals surface area contributed by atoms with E-state index in [0.717, 1.165) is 18.5 Å². The number of carbonyl (C=O) groups is 3. The quantitative estimate of drug-likeness (QED) is 0.529. The maximum atomic E-state index is 13.3. The molecule has 1 N–H and O–H groups in total. The standard InChI is InChI=1S/C25H36N4O6/c1-5-29-20(16-27-11-8-12-28(14-13-27)21(30)17-33-3)22(24(31)35-6-2)23(26-25(29)32)18-9-7-10-19(15-18)34-4/h7,9-10,15,23H,5-6,8,11-14,16-17H2,1-4H3,(H,26,32). The molecule has 2 aliphatic rings. The molecule has 1 unspecified atom stereocenters. The fraction of sp³-hybridized carbons (Fsp3) is 0.560. The van der Waals surface area contributed by atoms with Crippen LogP contribution in [0.1, 0.15) is 31.9 Å². The number of ether oxygens (including phenoxy) is 3. The number of esters is 1. The molecule has 0 saturated carbocycles. The van der Waals surface area contributed by atoms with Crippen molar-refractivity contribution in [3.05, 3.63) is 41.1 Å². The van der Waals surface area contributed by atoms with Gasteiger partial charge in [-0.1, -0.05) is 12.1 Å². The van der Waals surface area contributed by atoms with Crippen LogP contribution in [-0.4, -0.2) is 99.3 Å². The highest BCUT2D eigenvalue weighted by Crippen LogP contribution is 2.33. The lowest BCUT2D eigenvalue weighted by Crippen LogP contribution is -2.51. The van der Waals surface area contributed by atoms with Crippen LogP contribution >= 0.6 is 0 Å². The number of nitrogens with zero attached hydrogens (tertiary/aromatic N) is 3. The van der Waals surface area contributed by atoms with Gasteiger partial charge in [-0.05, 0) is 38.0 Å². The largest absolute Gasteiger partial charge is 0.497 e. The number of carbonyl (C=O) groups excluding carboxylic acids is 3. The number of hydrogen-bond acceptors (Lipinski definition) is 7. The van der Waals surface area contributed by atoms with Crippen LogP contribution in [-0.2, 0) is 19.1 Å². The Bertz CT molecular complexity index is 950. The average Bonchev–Trinajstić information content (AvgIpc) is 3.10. The maximum absolute atomic E-state index is 13.3. The Labute approximate surface area is 206 Å². The molecular formula is C25H36N4O6. The summed E-state index contributed by atoms with van der Waals surface area (Å²) in [6, 6.07) is 6.38. The van der Waals surface area contributed by atoms with Crippen LogP contribution in [0, 0.1) is 0 Å². The third-order valence-corrected chi connectivity index (χ3v) is 6.26. The topological polar surface area (TPSA) is 101 Å². The van der Waals surface area contributed by atoms with Gasteiger partial charge in [0.15, 0.2) is 0 Å². The second kappa shape index (κ2) is 12.6. The van der Waals surface area contributed by atoms with Crippen LogP contribution in [0.5, 0.6) is 5.75 Å². The van der Waals surface area contributed by atoms with Crippen LogP contribution < -0.4 is 10.1 Å². The molecule has 0 aromatic heterocycles. The van der Waals surface area contributed by atoms with E-state index in [1.165, 1.54) is 7.11 Å². The molecule has 1 aromatic rings. The van der Waals surface area contributed by atoms with E-state index in [0.29, 0.717) is 49.7 Å². The zero-order valence-electron chi connectivity index (χ0n) is 21.0. The van der Waals surface area contributed by atoms with Crippen LogP contribution in [0.3, 0.4) is 0 Å². The molecule has 2 aliphatic heterocycles. The van der Waals surface area contributed by atoms with E-state index < -0.39 is 12.0 Å². The molecule has 1 aromatic carbocycles. The van der Waals surface area contributed by atoms with Gasteiger partial charge in [-0.3, -0.25) is 14.6 Å². The van der Waals surface area contributed by atoms with Gasteiger partial charge in [0.1, 0.15) is 12.4 Å². The lowest BCUT2D eigenvalue weighted by atomic mass is 9.94. The highest BCUT2D eigenvalue weighted by atomic mass is 16.5. The maximum Gasteiger partial charge on any atom is 0.338 e.